The molecule has 4 rings (SSSR count). The van der Waals surface area contributed by atoms with Crippen LogP contribution in [0.25, 0.3) is 10.9 Å². The number of para-hydroxylation sites is 1. The summed E-state index contributed by atoms with van der Waals surface area (Å²) in [6.07, 6.45) is 1.78. The van der Waals surface area contributed by atoms with Gasteiger partial charge in [0.1, 0.15) is 0 Å². The van der Waals surface area contributed by atoms with Crippen LogP contribution in [0.5, 0.6) is 0 Å². The van der Waals surface area contributed by atoms with Gasteiger partial charge in [-0.2, -0.15) is 0 Å². The Bertz CT molecular complexity index is 1150. The molecule has 0 spiro atoms. The van der Waals surface area contributed by atoms with Gasteiger partial charge in [0, 0.05) is 31.7 Å². The number of aryl methyl sites for hydroxylation is 1. The average Bonchev–Trinajstić information content (AvgIpc) is 2.86. The van der Waals surface area contributed by atoms with Gasteiger partial charge in [0.25, 0.3) is 5.56 Å². The van der Waals surface area contributed by atoms with Gasteiger partial charge in [0.05, 0.1) is 29.4 Å². The van der Waals surface area contributed by atoms with E-state index in [1.54, 1.807) is 4.57 Å². The number of ether oxygens (including phenoxy) is 1. The zero-order valence-corrected chi connectivity index (χ0v) is 20.1. The Hall–Kier alpha value is -2.48. The summed E-state index contributed by atoms with van der Waals surface area (Å²) in [5.74, 6) is 0.0462. The van der Waals surface area contributed by atoms with Crippen LogP contribution in [0.1, 0.15) is 36.2 Å². The quantitative estimate of drug-likeness (QED) is 0.270. The number of Topliss-reactive ketones (excluding diaryl/α,β-unsaturated/α-hetero) is 1. The predicted molar refractivity (Wildman–Crippen MR) is 133 cm³/mol. The number of thioether (sulfide) groups is 1. The van der Waals surface area contributed by atoms with Crippen LogP contribution in [0.3, 0.4) is 0 Å². The Labute approximate surface area is 199 Å². The SMILES string of the molecule is CCc1ccc(C(=O)[C@@H](C)Sc2nc3ccccc3c(=O)n2CCCN2CCOCC2)cc1. The average molecular weight is 466 g/mol. The van der Waals surface area contributed by atoms with E-state index in [0.717, 1.165) is 45.7 Å². The molecule has 1 fully saturated rings. The predicted octanol–water partition coefficient (Wildman–Crippen LogP) is 4.04. The van der Waals surface area contributed by atoms with Gasteiger partial charge < -0.3 is 4.74 Å². The Kier molecular flexibility index (Phi) is 7.96. The molecule has 0 amide bonds. The van der Waals surface area contributed by atoms with E-state index in [1.165, 1.54) is 17.3 Å². The summed E-state index contributed by atoms with van der Waals surface area (Å²) < 4.78 is 7.17. The van der Waals surface area contributed by atoms with E-state index >= 15 is 0 Å². The van der Waals surface area contributed by atoms with Gasteiger partial charge in [-0.25, -0.2) is 4.98 Å². The third kappa shape index (κ3) is 5.72. The minimum Gasteiger partial charge on any atom is -0.379 e. The second-order valence-corrected chi connectivity index (χ2v) is 9.66. The summed E-state index contributed by atoms with van der Waals surface area (Å²) in [4.78, 5) is 33.5. The van der Waals surface area contributed by atoms with Gasteiger partial charge in [-0.05, 0) is 37.5 Å². The molecular weight excluding hydrogens is 434 g/mol. The third-order valence-electron chi connectivity index (χ3n) is 6.08. The van der Waals surface area contributed by atoms with Gasteiger partial charge in [-0.3, -0.25) is 19.1 Å². The minimum absolute atomic E-state index is 0.0444. The molecule has 1 atom stereocenters. The number of carbonyl (C=O) groups is 1. The number of hydrogen-bond donors (Lipinski definition) is 0. The molecule has 2 aromatic carbocycles. The number of carbonyl (C=O) groups excluding carboxylic acids is 1. The molecule has 6 nitrogen and oxygen atoms in total. The van der Waals surface area contributed by atoms with E-state index < -0.39 is 0 Å². The highest BCUT2D eigenvalue weighted by molar-refractivity contribution is 8.00. The highest BCUT2D eigenvalue weighted by atomic mass is 32.2. The van der Waals surface area contributed by atoms with Crippen molar-refractivity contribution in [2.24, 2.45) is 0 Å². The summed E-state index contributed by atoms with van der Waals surface area (Å²) in [7, 11) is 0. The maximum Gasteiger partial charge on any atom is 0.262 e. The number of nitrogens with zero attached hydrogens (tertiary/aromatic N) is 3. The van der Waals surface area contributed by atoms with Gasteiger partial charge in [0.2, 0.25) is 0 Å². The van der Waals surface area contributed by atoms with Crippen LogP contribution in [0.2, 0.25) is 0 Å². The highest BCUT2D eigenvalue weighted by Crippen LogP contribution is 2.25. The largest absolute Gasteiger partial charge is 0.379 e. The fourth-order valence-corrected chi connectivity index (χ4v) is 5.07. The number of ketones is 1. The Morgan fingerprint density at radius 1 is 1.09 bits per heavy atom. The summed E-state index contributed by atoms with van der Waals surface area (Å²) in [5, 5.41) is 0.866. The Morgan fingerprint density at radius 3 is 2.55 bits per heavy atom. The smallest absolute Gasteiger partial charge is 0.262 e. The first-order valence-electron chi connectivity index (χ1n) is 11.7. The van der Waals surface area contributed by atoms with Crippen LogP contribution >= 0.6 is 11.8 Å². The molecule has 1 aliphatic heterocycles. The Morgan fingerprint density at radius 2 is 1.82 bits per heavy atom. The molecule has 0 unspecified atom stereocenters. The topological polar surface area (TPSA) is 64.4 Å². The lowest BCUT2D eigenvalue weighted by molar-refractivity contribution is 0.0368. The number of rotatable bonds is 9. The highest BCUT2D eigenvalue weighted by Gasteiger charge is 2.21. The van der Waals surface area contributed by atoms with Crippen molar-refractivity contribution >= 4 is 28.4 Å². The van der Waals surface area contributed by atoms with Crippen molar-refractivity contribution < 1.29 is 9.53 Å². The van der Waals surface area contributed by atoms with Crippen molar-refractivity contribution in [1.82, 2.24) is 14.5 Å². The molecule has 1 aliphatic rings. The molecule has 3 aromatic rings. The van der Waals surface area contributed by atoms with Gasteiger partial charge >= 0.3 is 0 Å². The first-order valence-corrected chi connectivity index (χ1v) is 12.5. The van der Waals surface area contributed by atoms with Crippen LogP contribution in [-0.2, 0) is 17.7 Å². The number of benzene rings is 2. The van der Waals surface area contributed by atoms with E-state index in [4.69, 9.17) is 9.72 Å². The monoisotopic (exact) mass is 465 g/mol. The van der Waals surface area contributed by atoms with E-state index in [9.17, 15) is 9.59 Å². The Balaban J connectivity index is 1.55. The van der Waals surface area contributed by atoms with Crippen LogP contribution < -0.4 is 5.56 Å². The zero-order valence-electron chi connectivity index (χ0n) is 19.3. The molecule has 2 heterocycles. The number of aromatic nitrogens is 2. The molecule has 1 aromatic heterocycles. The number of morpholine rings is 1. The first-order chi connectivity index (χ1) is 16.1. The van der Waals surface area contributed by atoms with Crippen molar-refractivity contribution in [2.75, 3.05) is 32.8 Å². The van der Waals surface area contributed by atoms with Crippen LogP contribution in [0.4, 0.5) is 0 Å². The van der Waals surface area contributed by atoms with E-state index in [-0.39, 0.29) is 16.6 Å². The van der Waals surface area contributed by atoms with Crippen molar-refractivity contribution in [2.45, 2.75) is 43.6 Å². The lowest BCUT2D eigenvalue weighted by atomic mass is 10.1. The minimum atomic E-state index is -0.351. The lowest BCUT2D eigenvalue weighted by Gasteiger charge is -2.26. The standard InChI is InChI=1S/C26H31N3O3S/c1-3-20-9-11-21(12-10-20)24(30)19(2)33-26-27-23-8-5-4-7-22(23)25(31)29(26)14-6-13-28-15-17-32-18-16-28/h4-5,7-12,19H,3,6,13-18H2,1-2H3/t19-/m1/s1. The van der Waals surface area contributed by atoms with Gasteiger partial charge in [-0.1, -0.05) is 55.1 Å². The molecule has 33 heavy (non-hydrogen) atoms. The van der Waals surface area contributed by atoms with Crippen molar-refractivity contribution in [3.05, 3.63) is 70.0 Å². The molecule has 0 saturated carbocycles. The van der Waals surface area contributed by atoms with E-state index in [2.05, 4.69) is 11.8 Å². The van der Waals surface area contributed by atoms with Gasteiger partial charge in [-0.15, -0.1) is 0 Å². The zero-order chi connectivity index (χ0) is 23.2. The van der Waals surface area contributed by atoms with Gasteiger partial charge in [0.15, 0.2) is 10.9 Å². The van der Waals surface area contributed by atoms with Crippen molar-refractivity contribution in [1.29, 1.82) is 0 Å². The molecule has 7 heteroatoms. The molecule has 0 N–H and O–H groups in total. The second-order valence-electron chi connectivity index (χ2n) is 8.35. The third-order valence-corrected chi connectivity index (χ3v) is 7.17. The maximum absolute atomic E-state index is 13.3. The van der Waals surface area contributed by atoms with E-state index in [1.807, 2.05) is 55.5 Å². The first kappa shape index (κ1) is 23.7. The summed E-state index contributed by atoms with van der Waals surface area (Å²) in [6.45, 7) is 8.84. The molecule has 0 radical (unpaired) electrons. The fourth-order valence-electron chi connectivity index (χ4n) is 4.06. The lowest BCUT2D eigenvalue weighted by Crippen LogP contribution is -2.37. The fraction of sp³-hybridized carbons (Fsp3) is 0.423. The molecule has 1 saturated heterocycles. The number of hydrogen-bond acceptors (Lipinski definition) is 6. The van der Waals surface area contributed by atoms with Crippen molar-refractivity contribution in [3.8, 4) is 0 Å². The number of fused-ring (bicyclic) bond motifs is 1. The normalized spacial score (nSPS) is 15.6. The molecule has 0 bridgehead atoms. The second kappa shape index (κ2) is 11.1. The summed E-state index contributed by atoms with van der Waals surface area (Å²) in [5.41, 5.74) is 2.52. The molecule has 0 aliphatic carbocycles. The summed E-state index contributed by atoms with van der Waals surface area (Å²) in [6, 6.07) is 15.2. The van der Waals surface area contributed by atoms with E-state index in [0.29, 0.717) is 28.2 Å². The molecule has 174 valence electrons. The van der Waals surface area contributed by atoms with Crippen LogP contribution in [-0.4, -0.2) is 58.3 Å². The maximum atomic E-state index is 13.3. The van der Waals surface area contributed by atoms with Crippen LogP contribution in [0, 0.1) is 0 Å². The molecular formula is C26H31N3O3S. The summed E-state index contributed by atoms with van der Waals surface area (Å²) >= 11 is 1.37. The van der Waals surface area contributed by atoms with Crippen molar-refractivity contribution in [3.63, 3.8) is 0 Å². The van der Waals surface area contributed by atoms with Crippen LogP contribution in [0.15, 0.2) is 58.5 Å².